The molecular weight excluding hydrogens is 279 g/mol. The van der Waals surface area contributed by atoms with Crippen LogP contribution in [0.3, 0.4) is 0 Å². The van der Waals surface area contributed by atoms with Crippen LogP contribution in [0.1, 0.15) is 26.7 Å². The van der Waals surface area contributed by atoms with Crippen molar-refractivity contribution in [2.75, 3.05) is 12.4 Å². The molecule has 0 bridgehead atoms. The van der Waals surface area contributed by atoms with E-state index in [2.05, 4.69) is 10.6 Å². The number of carbonyl (C=O) groups is 2. The quantitative estimate of drug-likeness (QED) is 0.753. The molecule has 0 atom stereocenters. The Morgan fingerprint density at radius 3 is 2.43 bits per heavy atom. The fourth-order valence-electron chi connectivity index (χ4n) is 1.92. The van der Waals surface area contributed by atoms with Crippen LogP contribution >= 0.6 is 0 Å². The van der Waals surface area contributed by atoms with Gasteiger partial charge in [0.2, 0.25) is 0 Å². The molecule has 116 valence electrons. The molecule has 7 heteroatoms. The van der Waals surface area contributed by atoms with E-state index in [9.17, 15) is 19.1 Å². The Labute approximate surface area is 122 Å². The van der Waals surface area contributed by atoms with E-state index < -0.39 is 23.4 Å². The second kappa shape index (κ2) is 6.92. The van der Waals surface area contributed by atoms with E-state index in [1.807, 2.05) is 0 Å². The standard InChI is InChI=1S/C14H19FN2O4/c1-4-14(5-2,12(18)19)17-13(20)16-10-7-6-9(15)8-11(10)21-3/h6-8H,4-5H2,1-3H3,(H,18,19)(H2,16,17,20). The number of nitrogens with one attached hydrogen (secondary N) is 2. The maximum atomic E-state index is 13.1. The Morgan fingerprint density at radius 2 is 1.95 bits per heavy atom. The molecule has 3 N–H and O–H groups in total. The van der Waals surface area contributed by atoms with Gasteiger partial charge in [0.25, 0.3) is 0 Å². The molecule has 2 amide bonds. The van der Waals surface area contributed by atoms with Crippen LogP contribution < -0.4 is 15.4 Å². The maximum absolute atomic E-state index is 13.1. The Bertz CT molecular complexity index is 530. The Kier molecular flexibility index (Phi) is 5.52. The second-order valence-electron chi connectivity index (χ2n) is 4.52. The fraction of sp³-hybridized carbons (Fsp3) is 0.429. The highest BCUT2D eigenvalue weighted by Gasteiger charge is 2.36. The van der Waals surface area contributed by atoms with Crippen LogP contribution in [-0.2, 0) is 4.79 Å². The lowest BCUT2D eigenvalue weighted by atomic mass is 9.93. The van der Waals surface area contributed by atoms with Crippen LogP contribution in [0.4, 0.5) is 14.9 Å². The minimum Gasteiger partial charge on any atom is -0.494 e. The predicted octanol–water partition coefficient (Wildman–Crippen LogP) is 2.60. The largest absolute Gasteiger partial charge is 0.494 e. The zero-order valence-electron chi connectivity index (χ0n) is 12.2. The number of hydrogen-bond donors (Lipinski definition) is 3. The van der Waals surface area contributed by atoms with Gasteiger partial charge in [-0.3, -0.25) is 0 Å². The van der Waals surface area contributed by atoms with E-state index in [4.69, 9.17) is 4.74 Å². The first kappa shape index (κ1) is 16.7. The maximum Gasteiger partial charge on any atom is 0.329 e. The summed E-state index contributed by atoms with van der Waals surface area (Å²) in [6, 6.07) is 2.95. The molecule has 1 rings (SSSR count). The molecule has 6 nitrogen and oxygen atoms in total. The number of rotatable bonds is 6. The number of carbonyl (C=O) groups excluding carboxylic acids is 1. The van der Waals surface area contributed by atoms with Crippen molar-refractivity contribution in [3.05, 3.63) is 24.0 Å². The zero-order valence-corrected chi connectivity index (χ0v) is 12.2. The minimum atomic E-state index is -1.34. The molecule has 0 radical (unpaired) electrons. The summed E-state index contributed by atoms with van der Waals surface area (Å²) in [7, 11) is 1.34. The number of halogens is 1. The third-order valence-electron chi connectivity index (χ3n) is 3.38. The van der Waals surface area contributed by atoms with Gasteiger partial charge in [-0.2, -0.15) is 0 Å². The number of hydrogen-bond acceptors (Lipinski definition) is 3. The summed E-state index contributed by atoms with van der Waals surface area (Å²) < 4.78 is 18.0. The van der Waals surface area contributed by atoms with E-state index in [0.717, 1.165) is 6.07 Å². The normalized spacial score (nSPS) is 10.9. The highest BCUT2D eigenvalue weighted by molar-refractivity contribution is 5.94. The Hall–Kier alpha value is -2.31. The lowest BCUT2D eigenvalue weighted by Gasteiger charge is -2.28. The van der Waals surface area contributed by atoms with Crippen molar-refractivity contribution < 1.29 is 23.8 Å². The van der Waals surface area contributed by atoms with Crippen molar-refractivity contribution in [1.82, 2.24) is 5.32 Å². The van der Waals surface area contributed by atoms with Crippen LogP contribution in [0.15, 0.2) is 18.2 Å². The van der Waals surface area contributed by atoms with Crippen LogP contribution in [0.5, 0.6) is 5.75 Å². The first-order valence-corrected chi connectivity index (χ1v) is 6.54. The molecule has 0 spiro atoms. The summed E-state index contributed by atoms with van der Waals surface area (Å²) >= 11 is 0. The molecule has 0 aliphatic heterocycles. The van der Waals surface area contributed by atoms with Crippen molar-refractivity contribution in [3.8, 4) is 5.75 Å². The van der Waals surface area contributed by atoms with Crippen molar-refractivity contribution in [2.24, 2.45) is 0 Å². The topological polar surface area (TPSA) is 87.7 Å². The molecule has 0 aliphatic rings. The molecular formula is C14H19FN2O4. The molecule has 0 heterocycles. The van der Waals surface area contributed by atoms with Crippen molar-refractivity contribution in [1.29, 1.82) is 0 Å². The number of benzene rings is 1. The van der Waals surface area contributed by atoms with Crippen molar-refractivity contribution in [2.45, 2.75) is 32.2 Å². The summed E-state index contributed by atoms with van der Waals surface area (Å²) in [6.07, 6.45) is 0.486. The van der Waals surface area contributed by atoms with Crippen LogP contribution in [-0.4, -0.2) is 29.8 Å². The van der Waals surface area contributed by atoms with Gasteiger partial charge in [0, 0.05) is 6.07 Å². The van der Waals surface area contributed by atoms with Crippen LogP contribution in [0.25, 0.3) is 0 Å². The fourth-order valence-corrected chi connectivity index (χ4v) is 1.92. The third kappa shape index (κ3) is 3.84. The Morgan fingerprint density at radius 1 is 1.33 bits per heavy atom. The molecule has 0 aliphatic carbocycles. The highest BCUT2D eigenvalue weighted by atomic mass is 19.1. The van der Waals surface area contributed by atoms with Gasteiger partial charge in [-0.15, -0.1) is 0 Å². The number of amides is 2. The van der Waals surface area contributed by atoms with Gasteiger partial charge in [-0.1, -0.05) is 13.8 Å². The minimum absolute atomic E-state index is 0.152. The van der Waals surface area contributed by atoms with Gasteiger partial charge >= 0.3 is 12.0 Å². The van der Waals surface area contributed by atoms with Crippen molar-refractivity contribution in [3.63, 3.8) is 0 Å². The van der Waals surface area contributed by atoms with Crippen LogP contribution in [0.2, 0.25) is 0 Å². The molecule has 0 fully saturated rings. The number of aliphatic carboxylic acids is 1. The van der Waals surface area contributed by atoms with Gasteiger partial charge in [-0.05, 0) is 25.0 Å². The van der Waals surface area contributed by atoms with E-state index in [0.29, 0.717) is 0 Å². The summed E-state index contributed by atoms with van der Waals surface area (Å²) in [5, 5.41) is 14.2. The first-order valence-electron chi connectivity index (χ1n) is 6.54. The zero-order chi connectivity index (χ0) is 16.0. The lowest BCUT2D eigenvalue weighted by Crippen LogP contribution is -2.55. The molecule has 21 heavy (non-hydrogen) atoms. The van der Waals surface area contributed by atoms with E-state index in [1.165, 1.54) is 19.2 Å². The van der Waals surface area contributed by atoms with Gasteiger partial charge in [0.05, 0.1) is 12.8 Å². The average molecular weight is 298 g/mol. The highest BCUT2D eigenvalue weighted by Crippen LogP contribution is 2.25. The van der Waals surface area contributed by atoms with Gasteiger partial charge in [-0.25, -0.2) is 14.0 Å². The smallest absolute Gasteiger partial charge is 0.329 e. The summed E-state index contributed by atoms with van der Waals surface area (Å²) in [4.78, 5) is 23.3. The summed E-state index contributed by atoms with van der Waals surface area (Å²) in [5.41, 5.74) is -1.08. The molecule has 1 aromatic carbocycles. The summed E-state index contributed by atoms with van der Waals surface area (Å²) in [6.45, 7) is 3.35. The van der Waals surface area contributed by atoms with E-state index in [1.54, 1.807) is 13.8 Å². The number of carboxylic acid groups (broad SMARTS) is 1. The number of ether oxygens (including phenoxy) is 1. The Balaban J connectivity index is 2.89. The number of urea groups is 1. The number of carboxylic acids is 1. The molecule has 0 aromatic heterocycles. The van der Waals surface area contributed by atoms with Gasteiger partial charge in [0.15, 0.2) is 0 Å². The third-order valence-corrected chi connectivity index (χ3v) is 3.38. The molecule has 0 saturated carbocycles. The SMILES string of the molecule is CCC(CC)(NC(=O)Nc1ccc(F)cc1OC)C(=O)O. The van der Waals surface area contributed by atoms with Gasteiger partial charge < -0.3 is 20.5 Å². The lowest BCUT2D eigenvalue weighted by molar-refractivity contribution is -0.144. The molecule has 0 saturated heterocycles. The molecule has 0 unspecified atom stereocenters. The average Bonchev–Trinajstić information content (AvgIpc) is 2.46. The second-order valence-corrected chi connectivity index (χ2v) is 4.52. The summed E-state index contributed by atoms with van der Waals surface area (Å²) in [5.74, 6) is -1.45. The van der Waals surface area contributed by atoms with Gasteiger partial charge in [0.1, 0.15) is 17.1 Å². The number of anilines is 1. The first-order chi connectivity index (χ1) is 9.88. The predicted molar refractivity (Wildman–Crippen MR) is 76.1 cm³/mol. The van der Waals surface area contributed by atoms with E-state index in [-0.39, 0.29) is 24.3 Å². The molecule has 1 aromatic rings. The number of methoxy groups -OCH3 is 1. The monoisotopic (exact) mass is 298 g/mol. The van der Waals surface area contributed by atoms with Crippen molar-refractivity contribution >= 4 is 17.7 Å². The van der Waals surface area contributed by atoms with E-state index >= 15 is 0 Å². The van der Waals surface area contributed by atoms with Crippen LogP contribution in [0, 0.1) is 5.82 Å².